The molecule has 3 N–H and O–H groups in total. The number of nitrogens with one attached hydrogen (secondary N) is 3. The maximum atomic E-state index is 13.0. The molecule has 1 heterocycles. The van der Waals surface area contributed by atoms with Gasteiger partial charge in [-0.05, 0) is 56.2 Å². The van der Waals surface area contributed by atoms with E-state index in [4.69, 9.17) is 9.47 Å². The van der Waals surface area contributed by atoms with Crippen LogP contribution in [0.25, 0.3) is 0 Å². The van der Waals surface area contributed by atoms with E-state index in [2.05, 4.69) is 26.9 Å². The molecule has 1 aliphatic carbocycles. The van der Waals surface area contributed by atoms with Crippen LogP contribution >= 0.6 is 0 Å². The fraction of sp³-hybridized carbons (Fsp3) is 0.500. The van der Waals surface area contributed by atoms with Gasteiger partial charge in [-0.3, -0.25) is 4.79 Å². The number of hydrogen-bond donors (Lipinski definition) is 3. The van der Waals surface area contributed by atoms with Gasteiger partial charge >= 0.3 is 0 Å². The third kappa shape index (κ3) is 6.61. The van der Waals surface area contributed by atoms with E-state index in [1.54, 1.807) is 19.2 Å². The minimum absolute atomic E-state index is 0.0458. The molecule has 1 amide bonds. The molecule has 1 atom stereocenters. The summed E-state index contributed by atoms with van der Waals surface area (Å²) in [5, 5.41) is 3.11. The Labute approximate surface area is 208 Å². The van der Waals surface area contributed by atoms with Gasteiger partial charge in [-0.25, -0.2) is 0 Å². The van der Waals surface area contributed by atoms with Crippen molar-refractivity contribution in [2.75, 3.05) is 26.8 Å². The monoisotopic (exact) mass is 501 g/mol. The van der Waals surface area contributed by atoms with Crippen LogP contribution in [0.3, 0.4) is 0 Å². The van der Waals surface area contributed by atoms with Crippen LogP contribution in [-0.2, 0) is 20.4 Å². The Bertz CT molecular complexity index is 1080. The highest BCUT2D eigenvalue weighted by Gasteiger charge is 2.38. The summed E-state index contributed by atoms with van der Waals surface area (Å²) in [7, 11) is -2.05. The normalized spacial score (nSPS) is 24.7. The van der Waals surface area contributed by atoms with Crippen LogP contribution in [0, 0.1) is 0 Å². The van der Waals surface area contributed by atoms with Crippen molar-refractivity contribution in [2.24, 2.45) is 0 Å². The minimum atomic E-state index is -3.60. The van der Waals surface area contributed by atoms with Crippen molar-refractivity contribution in [1.82, 2.24) is 14.8 Å². The second kappa shape index (κ2) is 11.5. The van der Waals surface area contributed by atoms with Gasteiger partial charge in [-0.1, -0.05) is 42.5 Å². The topological polar surface area (TPSA) is 106 Å². The van der Waals surface area contributed by atoms with Gasteiger partial charge in [0, 0.05) is 31.2 Å². The van der Waals surface area contributed by atoms with Crippen molar-refractivity contribution >= 4 is 16.1 Å². The standard InChI is InChI=1S/C26H35N3O5S/c1-33-24-12-6-5-11-23(24)25(30)27-19-26(20-8-3-2-4-9-20)15-13-21(14-16-26)29-35(31,32)28-18-22-10-7-17-34-22/h2-6,8-9,11-12,21-22,28-29H,7,10,13-19H2,1H3,(H,27,30)/t21?,22-,26?/m1/s1. The van der Waals surface area contributed by atoms with Crippen LogP contribution < -0.4 is 19.5 Å². The molecule has 0 bridgehead atoms. The lowest BCUT2D eigenvalue weighted by Crippen LogP contribution is -2.50. The number of carbonyl (C=O) groups is 1. The molecule has 2 aromatic rings. The van der Waals surface area contributed by atoms with Crippen LogP contribution in [0.15, 0.2) is 54.6 Å². The van der Waals surface area contributed by atoms with Crippen molar-refractivity contribution in [3.63, 3.8) is 0 Å². The summed E-state index contributed by atoms with van der Waals surface area (Å²) in [6.45, 7) is 1.45. The first-order chi connectivity index (χ1) is 16.9. The Morgan fingerprint density at radius 2 is 1.77 bits per heavy atom. The predicted molar refractivity (Wildman–Crippen MR) is 135 cm³/mol. The van der Waals surface area contributed by atoms with E-state index in [9.17, 15) is 13.2 Å². The lowest BCUT2D eigenvalue weighted by molar-refractivity contribution is 0.0932. The minimum Gasteiger partial charge on any atom is -0.496 e. The highest BCUT2D eigenvalue weighted by Crippen LogP contribution is 2.39. The Hall–Kier alpha value is -2.46. The van der Waals surface area contributed by atoms with Crippen LogP contribution in [0.5, 0.6) is 5.75 Å². The Balaban J connectivity index is 1.39. The molecule has 2 aromatic carbocycles. The van der Waals surface area contributed by atoms with Crippen LogP contribution in [0.2, 0.25) is 0 Å². The first-order valence-corrected chi connectivity index (χ1v) is 13.7. The van der Waals surface area contributed by atoms with E-state index >= 15 is 0 Å². The zero-order valence-electron chi connectivity index (χ0n) is 20.2. The number of carbonyl (C=O) groups excluding carboxylic acids is 1. The highest BCUT2D eigenvalue weighted by molar-refractivity contribution is 7.87. The van der Waals surface area contributed by atoms with Gasteiger partial charge in [0.25, 0.3) is 16.1 Å². The van der Waals surface area contributed by atoms with E-state index in [1.807, 2.05) is 30.3 Å². The molecule has 2 aliphatic rings. The highest BCUT2D eigenvalue weighted by atomic mass is 32.2. The predicted octanol–water partition coefficient (Wildman–Crippen LogP) is 2.91. The zero-order valence-corrected chi connectivity index (χ0v) is 21.0. The fourth-order valence-corrected chi connectivity index (χ4v) is 6.26. The number of benzene rings is 2. The van der Waals surface area contributed by atoms with Gasteiger partial charge in [0.15, 0.2) is 0 Å². The molecule has 8 nitrogen and oxygen atoms in total. The summed E-state index contributed by atoms with van der Waals surface area (Å²) in [4.78, 5) is 13.0. The lowest BCUT2D eigenvalue weighted by Gasteiger charge is -2.41. The van der Waals surface area contributed by atoms with Crippen molar-refractivity contribution in [3.8, 4) is 5.75 Å². The smallest absolute Gasteiger partial charge is 0.277 e. The average Bonchev–Trinajstić information content (AvgIpc) is 3.41. The third-order valence-corrected chi connectivity index (χ3v) is 8.30. The van der Waals surface area contributed by atoms with E-state index in [-0.39, 0.29) is 23.5 Å². The average molecular weight is 502 g/mol. The molecule has 9 heteroatoms. The van der Waals surface area contributed by atoms with Crippen molar-refractivity contribution < 1.29 is 22.7 Å². The van der Waals surface area contributed by atoms with Crippen molar-refractivity contribution in [2.45, 2.75) is 56.1 Å². The maximum Gasteiger partial charge on any atom is 0.277 e. The first kappa shape index (κ1) is 25.6. The largest absolute Gasteiger partial charge is 0.496 e. The van der Waals surface area contributed by atoms with Crippen LogP contribution in [0.4, 0.5) is 0 Å². The number of amides is 1. The molecular formula is C26H35N3O5S. The molecule has 1 saturated carbocycles. The summed E-state index contributed by atoms with van der Waals surface area (Å²) >= 11 is 0. The van der Waals surface area contributed by atoms with Gasteiger partial charge in [-0.2, -0.15) is 17.9 Å². The number of methoxy groups -OCH3 is 1. The van der Waals surface area contributed by atoms with E-state index in [0.717, 1.165) is 31.2 Å². The fourth-order valence-electron chi connectivity index (χ4n) is 5.09. The second-order valence-corrected chi connectivity index (χ2v) is 10.9. The third-order valence-electron chi connectivity index (χ3n) is 7.11. The lowest BCUT2D eigenvalue weighted by atomic mass is 9.68. The molecule has 0 unspecified atom stereocenters. The van der Waals surface area contributed by atoms with Gasteiger partial charge < -0.3 is 14.8 Å². The zero-order chi connectivity index (χ0) is 24.7. The molecule has 0 spiro atoms. The van der Waals surface area contributed by atoms with Gasteiger partial charge in [0.1, 0.15) is 5.75 Å². The number of para-hydroxylation sites is 1. The molecule has 2 fully saturated rings. The summed E-state index contributed by atoms with van der Waals surface area (Å²) < 4.78 is 41.4. The quantitative estimate of drug-likeness (QED) is 0.464. The molecule has 1 saturated heterocycles. The van der Waals surface area contributed by atoms with Crippen molar-refractivity contribution in [3.05, 3.63) is 65.7 Å². The summed E-state index contributed by atoms with van der Waals surface area (Å²) in [5.41, 5.74) is 1.38. The molecule has 1 aliphatic heterocycles. The Kier molecular flexibility index (Phi) is 8.43. The SMILES string of the molecule is COc1ccccc1C(=O)NCC1(c2ccccc2)CCC(NS(=O)(=O)NC[C@H]2CCCO2)CC1. The van der Waals surface area contributed by atoms with Crippen molar-refractivity contribution in [1.29, 1.82) is 0 Å². The summed E-state index contributed by atoms with van der Waals surface area (Å²) in [6.07, 6.45) is 4.67. The van der Waals surface area contributed by atoms with Gasteiger partial charge in [0.2, 0.25) is 0 Å². The number of ether oxygens (including phenoxy) is 2. The molecular weight excluding hydrogens is 466 g/mol. The van der Waals surface area contributed by atoms with Crippen LogP contribution in [0.1, 0.15) is 54.4 Å². The number of hydrogen-bond acceptors (Lipinski definition) is 5. The van der Waals surface area contributed by atoms with E-state index < -0.39 is 10.2 Å². The molecule has 190 valence electrons. The van der Waals surface area contributed by atoms with E-state index in [0.29, 0.717) is 43.9 Å². The van der Waals surface area contributed by atoms with E-state index in [1.165, 1.54) is 0 Å². The molecule has 35 heavy (non-hydrogen) atoms. The van der Waals surface area contributed by atoms with Gasteiger partial charge in [-0.15, -0.1) is 0 Å². The molecule has 0 radical (unpaired) electrons. The summed E-state index contributed by atoms with van der Waals surface area (Å²) in [6, 6.07) is 17.2. The molecule has 0 aromatic heterocycles. The second-order valence-electron chi connectivity index (χ2n) is 9.41. The first-order valence-electron chi connectivity index (χ1n) is 12.3. The summed E-state index contributed by atoms with van der Waals surface area (Å²) in [5.74, 6) is 0.353. The molecule has 4 rings (SSSR count). The number of rotatable bonds is 10. The Morgan fingerprint density at radius 3 is 2.46 bits per heavy atom. The Morgan fingerprint density at radius 1 is 1.06 bits per heavy atom. The van der Waals surface area contributed by atoms with Gasteiger partial charge in [0.05, 0.1) is 18.8 Å². The maximum absolute atomic E-state index is 13.0. The van der Waals surface area contributed by atoms with Crippen LogP contribution in [-0.4, -0.2) is 53.3 Å².